The first kappa shape index (κ1) is 16.1. The van der Waals surface area contributed by atoms with E-state index in [0.29, 0.717) is 12.5 Å². The number of amides is 2. The molecule has 0 saturated heterocycles. The topological polar surface area (TPSA) is 98.7 Å². The highest BCUT2D eigenvalue weighted by molar-refractivity contribution is 7.98. The highest BCUT2D eigenvalue weighted by Gasteiger charge is 2.12. The molecular weight excluding hydrogens is 244 g/mol. The van der Waals surface area contributed by atoms with Crippen LogP contribution in [0.4, 0.5) is 4.79 Å². The first-order valence-electron chi connectivity index (χ1n) is 5.38. The summed E-state index contributed by atoms with van der Waals surface area (Å²) in [4.78, 5) is 21.5. The Bertz CT molecular complexity index is 250. The molecule has 0 aromatic rings. The van der Waals surface area contributed by atoms with Gasteiger partial charge in [-0.25, -0.2) is 9.59 Å². The lowest BCUT2D eigenvalue weighted by atomic mass is 10.2. The van der Waals surface area contributed by atoms with Crippen molar-refractivity contribution >= 4 is 23.8 Å². The van der Waals surface area contributed by atoms with Crippen molar-refractivity contribution in [3.05, 3.63) is 0 Å². The number of carboxylic acids is 1. The average Bonchev–Trinajstić information content (AvgIpc) is 2.26. The minimum absolute atomic E-state index is 0.00309. The minimum Gasteiger partial charge on any atom is -0.479 e. The molecule has 4 N–H and O–H groups in total. The summed E-state index contributed by atoms with van der Waals surface area (Å²) in [7, 11) is 0. The summed E-state index contributed by atoms with van der Waals surface area (Å²) in [6.07, 6.45) is 0.582. The van der Waals surface area contributed by atoms with Crippen molar-refractivity contribution in [1.82, 2.24) is 10.6 Å². The molecule has 0 aliphatic heterocycles. The summed E-state index contributed by atoms with van der Waals surface area (Å²) in [5.41, 5.74) is 0. The zero-order valence-corrected chi connectivity index (χ0v) is 10.9. The zero-order chi connectivity index (χ0) is 13.3. The van der Waals surface area contributed by atoms with Gasteiger partial charge in [0, 0.05) is 19.5 Å². The van der Waals surface area contributed by atoms with Crippen LogP contribution in [-0.2, 0) is 4.79 Å². The molecule has 0 radical (unpaired) electrons. The third-order valence-electron chi connectivity index (χ3n) is 2.05. The second-order valence-electron chi connectivity index (χ2n) is 3.84. The van der Waals surface area contributed by atoms with Crippen LogP contribution in [0.1, 0.15) is 13.3 Å². The minimum atomic E-state index is -1.43. The molecule has 1 unspecified atom stereocenters. The smallest absolute Gasteiger partial charge is 0.332 e. The molecule has 0 fully saturated rings. The molecule has 7 heteroatoms. The summed E-state index contributed by atoms with van der Waals surface area (Å²) in [5, 5.41) is 22.5. The van der Waals surface area contributed by atoms with E-state index >= 15 is 0 Å². The number of rotatable bonds is 8. The van der Waals surface area contributed by atoms with E-state index in [1.807, 2.05) is 13.2 Å². The Labute approximate surface area is 105 Å². The molecule has 100 valence electrons. The summed E-state index contributed by atoms with van der Waals surface area (Å²) in [6, 6.07) is -0.337. The maximum atomic E-state index is 11.2. The fraction of sp³-hybridized carbons (Fsp3) is 0.800. The number of carboxylic acid groups (broad SMARTS) is 1. The van der Waals surface area contributed by atoms with E-state index in [2.05, 4.69) is 10.6 Å². The lowest BCUT2D eigenvalue weighted by molar-refractivity contribution is -0.146. The third kappa shape index (κ3) is 8.82. The van der Waals surface area contributed by atoms with Crippen LogP contribution in [0.15, 0.2) is 0 Å². The molecule has 0 heterocycles. The molecule has 0 rings (SSSR count). The van der Waals surface area contributed by atoms with E-state index in [1.165, 1.54) is 0 Å². The van der Waals surface area contributed by atoms with Crippen molar-refractivity contribution in [2.45, 2.75) is 19.4 Å². The monoisotopic (exact) mass is 264 g/mol. The molecule has 2 amide bonds. The number of hydrogen-bond acceptors (Lipinski definition) is 4. The Morgan fingerprint density at radius 1 is 1.35 bits per heavy atom. The predicted octanol–water partition coefficient (Wildman–Crippen LogP) is 0.120. The Kier molecular flexibility index (Phi) is 8.61. The molecule has 0 bridgehead atoms. The molecule has 17 heavy (non-hydrogen) atoms. The van der Waals surface area contributed by atoms with Gasteiger partial charge in [0.1, 0.15) is 0 Å². The number of nitrogens with one attached hydrogen (secondary N) is 2. The Balaban J connectivity index is 3.56. The van der Waals surface area contributed by atoms with Crippen LogP contribution in [0.25, 0.3) is 0 Å². The van der Waals surface area contributed by atoms with Crippen LogP contribution in [0.2, 0.25) is 0 Å². The number of thioether (sulfide) groups is 1. The predicted molar refractivity (Wildman–Crippen MR) is 67.2 cm³/mol. The highest BCUT2D eigenvalue weighted by Crippen LogP contribution is 2.02. The van der Waals surface area contributed by atoms with Gasteiger partial charge in [0.05, 0.1) is 0 Å². The van der Waals surface area contributed by atoms with E-state index in [4.69, 9.17) is 10.2 Å². The normalized spacial score (nSPS) is 13.8. The SMILES string of the molecule is CSCC(C)CNC(=O)NCC[C@H](O)C(=O)O. The lowest BCUT2D eigenvalue weighted by Gasteiger charge is -2.12. The van der Waals surface area contributed by atoms with Crippen LogP contribution in [0.3, 0.4) is 0 Å². The van der Waals surface area contributed by atoms with Crippen molar-refractivity contribution in [3.63, 3.8) is 0 Å². The van der Waals surface area contributed by atoms with Gasteiger partial charge in [0.25, 0.3) is 0 Å². The van der Waals surface area contributed by atoms with E-state index < -0.39 is 12.1 Å². The second-order valence-corrected chi connectivity index (χ2v) is 4.75. The number of hydrogen-bond donors (Lipinski definition) is 4. The summed E-state index contributed by atoms with van der Waals surface area (Å²) >= 11 is 1.72. The van der Waals surface area contributed by atoms with Crippen LogP contribution >= 0.6 is 11.8 Å². The van der Waals surface area contributed by atoms with Gasteiger partial charge in [-0.1, -0.05) is 6.92 Å². The second kappa shape index (κ2) is 9.12. The van der Waals surface area contributed by atoms with Gasteiger partial charge < -0.3 is 20.8 Å². The van der Waals surface area contributed by atoms with E-state index in [0.717, 1.165) is 5.75 Å². The van der Waals surface area contributed by atoms with Crippen molar-refractivity contribution in [2.75, 3.05) is 25.1 Å². The molecule has 6 nitrogen and oxygen atoms in total. The van der Waals surface area contributed by atoms with Crippen molar-refractivity contribution in [3.8, 4) is 0 Å². The van der Waals surface area contributed by atoms with Crippen LogP contribution in [0, 0.1) is 5.92 Å². The van der Waals surface area contributed by atoms with Crippen molar-refractivity contribution in [2.24, 2.45) is 5.92 Å². The van der Waals surface area contributed by atoms with Gasteiger partial charge >= 0.3 is 12.0 Å². The standard InChI is InChI=1S/C10H20N2O4S/c1-7(6-17-2)5-12-10(16)11-4-3-8(13)9(14)15/h7-8,13H,3-6H2,1-2H3,(H,14,15)(H2,11,12,16)/t7?,8-/m0/s1. The highest BCUT2D eigenvalue weighted by atomic mass is 32.2. The van der Waals surface area contributed by atoms with Gasteiger partial charge in [0.15, 0.2) is 6.10 Å². The van der Waals surface area contributed by atoms with Crippen molar-refractivity contribution in [1.29, 1.82) is 0 Å². The van der Waals surface area contributed by atoms with Crippen LogP contribution in [-0.4, -0.2) is 53.4 Å². The number of aliphatic hydroxyl groups excluding tert-OH is 1. The molecule has 0 aliphatic rings. The molecule has 2 atom stereocenters. The first-order valence-corrected chi connectivity index (χ1v) is 6.78. The largest absolute Gasteiger partial charge is 0.479 e. The van der Waals surface area contributed by atoms with Gasteiger partial charge in [-0.15, -0.1) is 0 Å². The lowest BCUT2D eigenvalue weighted by Crippen LogP contribution is -2.39. The maximum Gasteiger partial charge on any atom is 0.332 e. The maximum absolute atomic E-state index is 11.2. The number of carbonyl (C=O) groups excluding carboxylic acids is 1. The Hall–Kier alpha value is -0.950. The van der Waals surface area contributed by atoms with E-state index in [9.17, 15) is 9.59 Å². The summed E-state index contributed by atoms with van der Waals surface area (Å²) in [5.74, 6) is 0.0824. The molecule has 0 saturated carbocycles. The number of carbonyl (C=O) groups is 2. The zero-order valence-electron chi connectivity index (χ0n) is 10.1. The molecule has 0 aromatic carbocycles. The third-order valence-corrected chi connectivity index (χ3v) is 2.95. The molecule has 0 aromatic heterocycles. The molecule has 0 aliphatic carbocycles. The summed E-state index contributed by atoms with van der Waals surface area (Å²) in [6.45, 7) is 2.75. The van der Waals surface area contributed by atoms with Gasteiger partial charge in [-0.05, 0) is 17.9 Å². The number of urea groups is 1. The number of aliphatic hydroxyl groups is 1. The van der Waals surface area contributed by atoms with Gasteiger partial charge in [-0.3, -0.25) is 0 Å². The summed E-state index contributed by atoms with van der Waals surface area (Å²) < 4.78 is 0. The van der Waals surface area contributed by atoms with E-state index in [1.54, 1.807) is 11.8 Å². The van der Waals surface area contributed by atoms with Crippen LogP contribution in [0.5, 0.6) is 0 Å². The van der Waals surface area contributed by atoms with Gasteiger partial charge in [-0.2, -0.15) is 11.8 Å². The fourth-order valence-corrected chi connectivity index (χ4v) is 1.81. The average molecular weight is 264 g/mol. The van der Waals surface area contributed by atoms with E-state index in [-0.39, 0.29) is 19.0 Å². The van der Waals surface area contributed by atoms with Crippen molar-refractivity contribution < 1.29 is 19.8 Å². The number of aliphatic carboxylic acids is 1. The quantitative estimate of drug-likeness (QED) is 0.499. The fourth-order valence-electron chi connectivity index (χ4n) is 1.12. The molecule has 0 spiro atoms. The first-order chi connectivity index (χ1) is 7.97. The molecular formula is C10H20N2O4S. The Morgan fingerprint density at radius 3 is 2.53 bits per heavy atom. The Morgan fingerprint density at radius 2 is 2.00 bits per heavy atom. The van der Waals surface area contributed by atoms with Gasteiger partial charge in [0.2, 0.25) is 0 Å². The van der Waals surface area contributed by atoms with Crippen LogP contribution < -0.4 is 10.6 Å².